The van der Waals surface area contributed by atoms with E-state index in [0.29, 0.717) is 21.8 Å². The zero-order valence-corrected chi connectivity index (χ0v) is 26.7. The number of benzene rings is 2. The summed E-state index contributed by atoms with van der Waals surface area (Å²) in [5.41, 5.74) is 3.41. The lowest BCUT2D eigenvalue weighted by Crippen LogP contribution is -2.35. The van der Waals surface area contributed by atoms with E-state index in [1.54, 1.807) is 13.8 Å². The van der Waals surface area contributed by atoms with Crippen molar-refractivity contribution in [1.82, 2.24) is 4.98 Å². The maximum absolute atomic E-state index is 12.7. The Kier molecular flexibility index (Phi) is 17.5. The fraction of sp³-hybridized carbons (Fsp3) is 0.308. The molecule has 0 saturated carbocycles. The highest BCUT2D eigenvalue weighted by atomic mass is 79.9. The summed E-state index contributed by atoms with van der Waals surface area (Å²) in [6.07, 6.45) is -7.47. The van der Waals surface area contributed by atoms with Crippen LogP contribution in [0.2, 0.25) is 0 Å². The van der Waals surface area contributed by atoms with Gasteiger partial charge in [0.15, 0.2) is 12.0 Å². The Bertz CT molecular complexity index is 1390. The van der Waals surface area contributed by atoms with E-state index in [0.717, 1.165) is 30.5 Å². The van der Waals surface area contributed by atoms with Crippen LogP contribution in [0.5, 0.6) is 0 Å². The molecule has 44 heavy (non-hydrogen) atoms. The van der Waals surface area contributed by atoms with Crippen LogP contribution < -0.4 is 5.73 Å². The monoisotopic (exact) mass is 784 g/mol. The molecule has 0 saturated heterocycles. The molecule has 9 nitrogen and oxygen atoms in total. The third-order valence-electron chi connectivity index (χ3n) is 4.75. The number of halogens is 9. The number of oxazole rings is 1. The lowest BCUT2D eigenvalue weighted by molar-refractivity contribution is -0.145. The molecule has 0 spiro atoms. The number of aromatic nitrogens is 1. The summed E-state index contributed by atoms with van der Waals surface area (Å²) in [5.74, 6) is -1.35. The van der Waals surface area contributed by atoms with E-state index in [4.69, 9.17) is 20.0 Å². The summed E-state index contributed by atoms with van der Waals surface area (Å²) in [4.78, 5) is 36.1. The van der Waals surface area contributed by atoms with Crippen molar-refractivity contribution in [3.8, 4) is 11.5 Å². The van der Waals surface area contributed by atoms with Gasteiger partial charge >= 0.3 is 24.3 Å². The van der Waals surface area contributed by atoms with Gasteiger partial charge in [-0.2, -0.15) is 26.3 Å². The van der Waals surface area contributed by atoms with Gasteiger partial charge in [-0.15, -0.1) is 12.4 Å². The molecule has 0 fully saturated rings. The van der Waals surface area contributed by atoms with Gasteiger partial charge in [-0.3, -0.25) is 9.59 Å². The molecule has 3 aromatic rings. The number of aliphatic hydroxyl groups is 1. The Morgan fingerprint density at radius 1 is 0.977 bits per heavy atom. The van der Waals surface area contributed by atoms with Crippen molar-refractivity contribution in [1.29, 1.82) is 0 Å². The predicted molar refractivity (Wildman–Crippen MR) is 154 cm³/mol. The van der Waals surface area contributed by atoms with Crippen LogP contribution in [0.1, 0.15) is 45.8 Å². The number of alkyl halides is 6. The summed E-state index contributed by atoms with van der Waals surface area (Å²) in [6, 6.07) is 5.10. The van der Waals surface area contributed by atoms with E-state index >= 15 is 0 Å². The zero-order chi connectivity index (χ0) is 33.0. The van der Waals surface area contributed by atoms with Gasteiger partial charge < -0.3 is 24.7 Å². The Morgan fingerprint density at radius 2 is 1.50 bits per heavy atom. The Hall–Kier alpha value is -2.99. The van der Waals surface area contributed by atoms with Gasteiger partial charge in [-0.25, -0.2) is 9.78 Å². The molecular weight excluding hydrogens is 762 g/mol. The summed E-state index contributed by atoms with van der Waals surface area (Å²) >= 11 is 6.09. The van der Waals surface area contributed by atoms with Gasteiger partial charge in [-0.05, 0) is 66.2 Å². The smallest absolute Gasteiger partial charge is 0.416 e. The number of esters is 2. The molecule has 3 N–H and O–H groups in total. The average molecular weight is 787 g/mol. The normalized spacial score (nSPS) is 11.5. The molecular formula is C26H25Br2ClF6N2O7. The molecule has 1 atom stereocenters. The minimum Gasteiger partial charge on any atom is -0.465 e. The average Bonchev–Trinajstić information content (AvgIpc) is 3.43. The largest absolute Gasteiger partial charge is 0.465 e. The second-order valence-corrected chi connectivity index (χ2v) is 9.55. The first-order valence-corrected chi connectivity index (χ1v) is 13.4. The maximum atomic E-state index is 12.7. The Balaban J connectivity index is 0.000000690. The van der Waals surface area contributed by atoms with E-state index in [-0.39, 0.29) is 48.3 Å². The summed E-state index contributed by atoms with van der Waals surface area (Å²) in [7, 11) is 0. The molecule has 244 valence electrons. The van der Waals surface area contributed by atoms with Gasteiger partial charge in [-0.1, -0.05) is 15.9 Å². The molecule has 0 aliphatic rings. The molecule has 1 aromatic heterocycles. The number of aldehydes is 1. The lowest BCUT2D eigenvalue weighted by atomic mass is 10.1. The quantitative estimate of drug-likeness (QED) is 0.149. The molecule has 0 bridgehead atoms. The van der Waals surface area contributed by atoms with Crippen molar-refractivity contribution < 1.29 is 59.7 Å². The summed E-state index contributed by atoms with van der Waals surface area (Å²) < 4.78 is 89.4. The number of nitrogens with zero attached hydrogens (tertiary/aromatic N) is 1. The first-order valence-electron chi connectivity index (χ1n) is 11.8. The van der Waals surface area contributed by atoms with Gasteiger partial charge in [0.2, 0.25) is 5.89 Å². The van der Waals surface area contributed by atoms with Gasteiger partial charge in [0.1, 0.15) is 12.3 Å². The van der Waals surface area contributed by atoms with Crippen LogP contribution in [0, 0.1) is 0 Å². The van der Waals surface area contributed by atoms with Gasteiger partial charge in [0.05, 0.1) is 36.5 Å². The highest BCUT2D eigenvalue weighted by Gasteiger charge is 2.32. The number of hydrogen-bond acceptors (Lipinski definition) is 9. The molecule has 0 radical (unpaired) electrons. The van der Waals surface area contributed by atoms with Crippen LogP contribution in [0.3, 0.4) is 0 Å². The first kappa shape index (κ1) is 41.0. The molecule has 1 heterocycles. The SMILES string of the molecule is CCOC(=O)[C@H](N)CO.CCOC(=O)c1coc(-c2cc(C(F)(F)F)ccc2Br)n1.Cl.O=Cc1cc(C(F)(F)F)ccc1Br. The van der Waals surface area contributed by atoms with Crippen molar-refractivity contribution in [2.75, 3.05) is 19.8 Å². The summed E-state index contributed by atoms with van der Waals surface area (Å²) in [5, 5.41) is 8.31. The van der Waals surface area contributed by atoms with Crippen molar-refractivity contribution in [3.05, 3.63) is 74.0 Å². The number of carbonyl (C=O) groups is 3. The zero-order valence-electron chi connectivity index (χ0n) is 22.7. The third kappa shape index (κ3) is 12.9. The van der Waals surface area contributed by atoms with Crippen molar-refractivity contribution in [2.45, 2.75) is 32.2 Å². The van der Waals surface area contributed by atoms with Gasteiger partial charge in [0, 0.05) is 14.5 Å². The predicted octanol–water partition coefficient (Wildman–Crippen LogP) is 6.87. The number of carbonyl (C=O) groups excluding carboxylic acids is 3. The topological polar surface area (TPSA) is 142 Å². The van der Waals surface area contributed by atoms with E-state index in [2.05, 4.69) is 41.6 Å². The molecule has 0 unspecified atom stereocenters. The molecule has 2 aromatic carbocycles. The molecule has 0 amide bonds. The van der Waals surface area contributed by atoms with Crippen LogP contribution >= 0.6 is 44.3 Å². The van der Waals surface area contributed by atoms with E-state index < -0.39 is 41.5 Å². The Morgan fingerprint density at radius 3 is 1.98 bits per heavy atom. The van der Waals surface area contributed by atoms with Crippen LogP contribution in [-0.2, 0) is 26.6 Å². The fourth-order valence-corrected chi connectivity index (χ4v) is 3.45. The minimum atomic E-state index is -4.48. The van der Waals surface area contributed by atoms with Crippen LogP contribution in [-0.4, -0.2) is 54.2 Å². The number of aliphatic hydroxyl groups excluding tert-OH is 1. The van der Waals surface area contributed by atoms with E-state index in [9.17, 15) is 40.7 Å². The first-order chi connectivity index (χ1) is 20.0. The van der Waals surface area contributed by atoms with E-state index in [1.807, 2.05) is 0 Å². The van der Waals surface area contributed by atoms with Crippen LogP contribution in [0.25, 0.3) is 11.5 Å². The number of ether oxygens (including phenoxy) is 2. The minimum absolute atomic E-state index is 0. The van der Waals surface area contributed by atoms with Crippen LogP contribution in [0.4, 0.5) is 26.3 Å². The highest BCUT2D eigenvalue weighted by Crippen LogP contribution is 2.36. The van der Waals surface area contributed by atoms with Gasteiger partial charge in [0.25, 0.3) is 0 Å². The molecule has 0 aliphatic carbocycles. The molecule has 3 rings (SSSR count). The molecule has 18 heteroatoms. The second-order valence-electron chi connectivity index (χ2n) is 7.84. The maximum Gasteiger partial charge on any atom is 0.416 e. The highest BCUT2D eigenvalue weighted by molar-refractivity contribution is 9.10. The second kappa shape index (κ2) is 18.7. The fourth-order valence-electron chi connectivity index (χ4n) is 2.70. The molecule has 0 aliphatic heterocycles. The lowest BCUT2D eigenvalue weighted by Gasteiger charge is -2.08. The number of nitrogens with two attached hydrogens (primary N) is 1. The number of hydrogen-bond donors (Lipinski definition) is 2. The van der Waals surface area contributed by atoms with E-state index in [1.165, 1.54) is 12.1 Å². The number of rotatable bonds is 7. The summed E-state index contributed by atoms with van der Waals surface area (Å²) in [6.45, 7) is 3.41. The van der Waals surface area contributed by atoms with Crippen molar-refractivity contribution in [3.63, 3.8) is 0 Å². The Labute approximate surface area is 269 Å². The van der Waals surface area contributed by atoms with Crippen molar-refractivity contribution >= 4 is 62.5 Å². The van der Waals surface area contributed by atoms with Crippen LogP contribution in [0.15, 0.2) is 56.0 Å². The standard InChI is InChI=1S/C13H9BrF3NO3.C8H4BrF3O.C5H11NO3.ClH/c1-2-20-12(19)10-6-21-11(18-10)8-5-7(13(15,16)17)3-4-9(8)14;9-7-2-1-6(8(10,11)12)3-5(7)4-13;1-2-9-5(8)4(6)3-7;/h3-6H,2H2,1H3;1-4H;4,7H,2-3,6H2,1H3;1H/t;;4-;/m..1./s1. The third-order valence-corrected chi connectivity index (χ3v) is 6.16. The van der Waals surface area contributed by atoms with Crippen molar-refractivity contribution in [2.24, 2.45) is 5.73 Å².